The van der Waals surface area contributed by atoms with E-state index in [0.29, 0.717) is 12.5 Å². The van der Waals surface area contributed by atoms with Gasteiger partial charge in [-0.3, -0.25) is 4.79 Å². The number of alkyl halides is 1. The number of hydrogen-bond acceptors (Lipinski definition) is 2. The molecule has 0 saturated heterocycles. The summed E-state index contributed by atoms with van der Waals surface area (Å²) in [6.45, 7) is 1.70. The molecule has 2 nitrogen and oxygen atoms in total. The number of hydrogen-bond donors (Lipinski definition) is 0. The Bertz CT molecular complexity index is 297. The van der Waals surface area contributed by atoms with Gasteiger partial charge in [0.05, 0.1) is 0 Å². The maximum Gasteiger partial charge on any atom is 0.302 e. The quantitative estimate of drug-likeness (QED) is 0.551. The summed E-state index contributed by atoms with van der Waals surface area (Å²) in [5.41, 5.74) is 1.97. The van der Waals surface area contributed by atoms with Gasteiger partial charge >= 0.3 is 5.97 Å². The molecule has 0 aliphatic heterocycles. The Labute approximate surface area is 82.5 Å². The predicted molar refractivity (Wildman–Crippen MR) is 51.5 cm³/mol. The van der Waals surface area contributed by atoms with E-state index >= 15 is 0 Å². The Morgan fingerprint density at radius 3 is 2.54 bits per heavy atom. The first-order valence-electron chi connectivity index (χ1n) is 4.00. The van der Waals surface area contributed by atoms with Crippen LogP contribution in [0, 0.1) is 0 Å². The van der Waals surface area contributed by atoms with Gasteiger partial charge in [0, 0.05) is 12.8 Å². The molecule has 0 saturated carbocycles. The molecular formula is C10H11ClO2. The van der Waals surface area contributed by atoms with Crippen LogP contribution >= 0.6 is 11.6 Å². The van der Waals surface area contributed by atoms with Crippen molar-refractivity contribution >= 4 is 17.6 Å². The van der Waals surface area contributed by atoms with Crippen LogP contribution in [0.4, 0.5) is 0 Å². The molecule has 1 aromatic carbocycles. The number of benzene rings is 1. The maximum absolute atomic E-state index is 10.6. The molecule has 0 aliphatic rings. The van der Waals surface area contributed by atoms with Gasteiger partial charge in [-0.1, -0.05) is 24.3 Å². The normalized spacial score (nSPS) is 9.69. The molecule has 0 atom stereocenters. The van der Waals surface area contributed by atoms with Gasteiger partial charge in [-0.15, -0.1) is 11.6 Å². The van der Waals surface area contributed by atoms with Gasteiger partial charge in [0.15, 0.2) is 0 Å². The zero-order chi connectivity index (χ0) is 9.68. The molecular weight excluding hydrogens is 188 g/mol. The van der Waals surface area contributed by atoms with Crippen LogP contribution in [0.15, 0.2) is 24.3 Å². The fourth-order valence-corrected chi connectivity index (χ4v) is 1.27. The molecule has 0 aromatic heterocycles. The number of ether oxygens (including phenoxy) is 1. The molecule has 0 N–H and O–H groups in total. The van der Waals surface area contributed by atoms with E-state index in [1.54, 1.807) is 0 Å². The van der Waals surface area contributed by atoms with Gasteiger partial charge in [0.25, 0.3) is 0 Å². The third-order valence-corrected chi connectivity index (χ3v) is 1.98. The van der Waals surface area contributed by atoms with Gasteiger partial charge < -0.3 is 4.74 Å². The summed E-state index contributed by atoms with van der Waals surface area (Å²) in [7, 11) is 0. The van der Waals surface area contributed by atoms with E-state index in [1.165, 1.54) is 6.92 Å². The number of carbonyl (C=O) groups is 1. The van der Waals surface area contributed by atoms with E-state index in [9.17, 15) is 4.79 Å². The monoisotopic (exact) mass is 198 g/mol. The van der Waals surface area contributed by atoms with Crippen LogP contribution < -0.4 is 0 Å². The smallest absolute Gasteiger partial charge is 0.302 e. The standard InChI is InChI=1S/C10H11ClO2/c1-8(12)13-7-10-5-3-2-4-9(10)6-11/h2-5H,6-7H2,1H3. The highest BCUT2D eigenvalue weighted by molar-refractivity contribution is 6.17. The van der Waals surface area contributed by atoms with Gasteiger partial charge in [0.1, 0.15) is 6.61 Å². The first-order valence-corrected chi connectivity index (χ1v) is 4.53. The molecule has 0 radical (unpaired) electrons. The minimum Gasteiger partial charge on any atom is -0.461 e. The summed E-state index contributed by atoms with van der Waals surface area (Å²) in [6, 6.07) is 7.64. The lowest BCUT2D eigenvalue weighted by Gasteiger charge is -2.06. The Kier molecular flexibility index (Phi) is 3.77. The SMILES string of the molecule is CC(=O)OCc1ccccc1CCl. The Morgan fingerprint density at radius 1 is 1.38 bits per heavy atom. The second-order valence-electron chi connectivity index (χ2n) is 2.68. The number of halogens is 1. The van der Waals surface area contributed by atoms with E-state index in [0.717, 1.165) is 11.1 Å². The van der Waals surface area contributed by atoms with Crippen molar-refractivity contribution < 1.29 is 9.53 Å². The van der Waals surface area contributed by atoms with Gasteiger partial charge in [-0.2, -0.15) is 0 Å². The average Bonchev–Trinajstić information content (AvgIpc) is 2.15. The molecule has 0 spiro atoms. The van der Waals surface area contributed by atoms with Gasteiger partial charge in [-0.25, -0.2) is 0 Å². The molecule has 1 aromatic rings. The molecule has 0 bridgehead atoms. The fraction of sp³-hybridized carbons (Fsp3) is 0.300. The average molecular weight is 199 g/mol. The van der Waals surface area contributed by atoms with Crippen LogP contribution in [0.2, 0.25) is 0 Å². The predicted octanol–water partition coefficient (Wildman–Crippen LogP) is 2.49. The largest absolute Gasteiger partial charge is 0.461 e. The van der Waals surface area contributed by atoms with E-state index in [2.05, 4.69) is 0 Å². The van der Waals surface area contributed by atoms with E-state index in [-0.39, 0.29) is 5.97 Å². The molecule has 1 rings (SSSR count). The first-order chi connectivity index (χ1) is 6.24. The van der Waals surface area contributed by atoms with E-state index in [4.69, 9.17) is 16.3 Å². The highest BCUT2D eigenvalue weighted by Crippen LogP contribution is 2.12. The maximum atomic E-state index is 10.6. The molecule has 0 aliphatic carbocycles. The second-order valence-corrected chi connectivity index (χ2v) is 2.95. The van der Waals surface area contributed by atoms with Crippen LogP contribution in [0.1, 0.15) is 18.1 Å². The molecule has 0 unspecified atom stereocenters. The summed E-state index contributed by atoms with van der Waals surface area (Å²) in [5.74, 6) is 0.168. The van der Waals surface area contributed by atoms with Crippen molar-refractivity contribution in [3.8, 4) is 0 Å². The molecule has 13 heavy (non-hydrogen) atoms. The minimum atomic E-state index is -0.274. The van der Waals surface area contributed by atoms with Gasteiger partial charge in [0.2, 0.25) is 0 Å². The van der Waals surface area contributed by atoms with Crippen molar-refractivity contribution in [2.24, 2.45) is 0 Å². The summed E-state index contributed by atoms with van der Waals surface area (Å²) in [5, 5.41) is 0. The van der Waals surface area contributed by atoms with Gasteiger partial charge in [-0.05, 0) is 11.1 Å². The number of carbonyl (C=O) groups excluding carboxylic acids is 1. The van der Waals surface area contributed by atoms with E-state index in [1.807, 2.05) is 24.3 Å². The van der Waals surface area contributed by atoms with Crippen molar-refractivity contribution in [3.05, 3.63) is 35.4 Å². The first kappa shape index (κ1) is 10.1. The summed E-state index contributed by atoms with van der Waals surface area (Å²) >= 11 is 5.71. The van der Waals surface area contributed by atoms with Crippen LogP contribution in [0.25, 0.3) is 0 Å². The molecule has 70 valence electrons. The zero-order valence-electron chi connectivity index (χ0n) is 7.42. The Hall–Kier alpha value is -1.02. The summed E-state index contributed by atoms with van der Waals surface area (Å²) in [6.07, 6.45) is 0. The highest BCUT2D eigenvalue weighted by Gasteiger charge is 2.01. The lowest BCUT2D eigenvalue weighted by Crippen LogP contribution is -2.00. The minimum absolute atomic E-state index is 0.274. The van der Waals surface area contributed by atoms with Crippen molar-refractivity contribution in [2.45, 2.75) is 19.4 Å². The van der Waals surface area contributed by atoms with E-state index < -0.39 is 0 Å². The molecule has 0 heterocycles. The molecule has 3 heteroatoms. The van der Waals surface area contributed by atoms with Crippen LogP contribution in [-0.4, -0.2) is 5.97 Å². The zero-order valence-corrected chi connectivity index (χ0v) is 8.17. The van der Waals surface area contributed by atoms with Crippen LogP contribution in [-0.2, 0) is 22.0 Å². The van der Waals surface area contributed by atoms with Crippen molar-refractivity contribution in [2.75, 3.05) is 0 Å². The molecule has 0 fully saturated rings. The van der Waals surface area contributed by atoms with Crippen LogP contribution in [0.5, 0.6) is 0 Å². The Morgan fingerprint density at radius 2 is 2.00 bits per heavy atom. The summed E-state index contributed by atoms with van der Waals surface area (Å²) in [4.78, 5) is 10.6. The van der Waals surface area contributed by atoms with Crippen LogP contribution in [0.3, 0.4) is 0 Å². The van der Waals surface area contributed by atoms with Crippen molar-refractivity contribution in [1.82, 2.24) is 0 Å². The third-order valence-electron chi connectivity index (χ3n) is 1.69. The number of rotatable bonds is 3. The third kappa shape index (κ3) is 3.07. The number of esters is 1. The second kappa shape index (κ2) is 4.87. The topological polar surface area (TPSA) is 26.3 Å². The summed E-state index contributed by atoms with van der Waals surface area (Å²) < 4.78 is 4.87. The Balaban J connectivity index is 2.69. The highest BCUT2D eigenvalue weighted by atomic mass is 35.5. The lowest BCUT2D eigenvalue weighted by molar-refractivity contribution is -0.142. The fourth-order valence-electron chi connectivity index (χ4n) is 1.01. The van der Waals surface area contributed by atoms with Crippen molar-refractivity contribution in [3.63, 3.8) is 0 Å². The molecule has 0 amide bonds. The lowest BCUT2D eigenvalue weighted by atomic mass is 10.1. The van der Waals surface area contributed by atoms with Crippen molar-refractivity contribution in [1.29, 1.82) is 0 Å².